The molecule has 2 fully saturated rings. The predicted molar refractivity (Wildman–Crippen MR) is 245 cm³/mol. The first-order valence-electron chi connectivity index (χ1n) is 22.2. The lowest BCUT2D eigenvalue weighted by Crippen LogP contribution is -2.48. The van der Waals surface area contributed by atoms with Gasteiger partial charge in [-0.1, -0.05) is 49.3 Å². The van der Waals surface area contributed by atoms with Crippen LogP contribution in [0.25, 0.3) is 38.3 Å². The number of allylic oxidation sites excluding steroid dienone is 3. The van der Waals surface area contributed by atoms with Crippen LogP contribution in [0.1, 0.15) is 106 Å². The van der Waals surface area contributed by atoms with Gasteiger partial charge in [-0.05, 0) is 81.7 Å². The Morgan fingerprint density at radius 1 is 0.938 bits per heavy atom. The van der Waals surface area contributed by atoms with E-state index in [0.29, 0.717) is 41.1 Å². The van der Waals surface area contributed by atoms with E-state index in [0.717, 1.165) is 77.1 Å². The Morgan fingerprint density at radius 3 is 2.38 bits per heavy atom. The number of piperidine rings is 1. The molecule has 1 aromatic carbocycles. The summed E-state index contributed by atoms with van der Waals surface area (Å²) in [6.45, 7) is 12.1. The van der Waals surface area contributed by atoms with Gasteiger partial charge in [-0.3, -0.25) is 9.59 Å². The summed E-state index contributed by atoms with van der Waals surface area (Å²) in [5.41, 5.74) is 10.5. The number of hydrogen-bond donors (Lipinski definition) is 3. The van der Waals surface area contributed by atoms with E-state index in [9.17, 15) is 19.8 Å². The molecule has 9 rings (SSSR count). The first kappa shape index (κ1) is 43.0. The maximum atomic E-state index is 14.3. The van der Waals surface area contributed by atoms with Crippen LogP contribution < -0.4 is 10.2 Å². The highest BCUT2D eigenvalue weighted by Gasteiger charge is 2.43. The third kappa shape index (κ3) is 8.55. The summed E-state index contributed by atoms with van der Waals surface area (Å²) >= 11 is 1.59. The molecule has 0 spiro atoms. The second kappa shape index (κ2) is 18.1. The van der Waals surface area contributed by atoms with E-state index in [2.05, 4.69) is 61.1 Å². The Hall–Kier alpha value is -6.26. The highest BCUT2D eigenvalue weighted by molar-refractivity contribution is 7.13. The first-order valence-corrected chi connectivity index (χ1v) is 23.1. The molecule has 0 radical (unpaired) electrons. The van der Waals surface area contributed by atoms with Crippen molar-refractivity contribution in [3.8, 4) is 21.7 Å². The fourth-order valence-electron chi connectivity index (χ4n) is 9.40. The number of rotatable bonds is 12. The minimum absolute atomic E-state index is 0.0516. The van der Waals surface area contributed by atoms with Crippen LogP contribution >= 0.6 is 11.3 Å². The number of β-amino-alcohol motifs (C(OH)–C–C–N with tert-alkyl or cyclic N) is 1. The van der Waals surface area contributed by atoms with Gasteiger partial charge in [0.15, 0.2) is 0 Å². The van der Waals surface area contributed by atoms with Gasteiger partial charge in [-0.15, -0.1) is 21.5 Å². The van der Waals surface area contributed by atoms with E-state index in [1.54, 1.807) is 29.8 Å². The fraction of sp³-hybridized carbons (Fsp3) is 0.417. The quantitative estimate of drug-likeness (QED) is 0.108. The van der Waals surface area contributed by atoms with Crippen LogP contribution in [0.15, 0.2) is 82.8 Å². The number of carbonyl (C=O) groups is 2. The lowest BCUT2D eigenvalue weighted by molar-refractivity contribution is -0.141. The van der Waals surface area contributed by atoms with Crippen LogP contribution in [0.5, 0.6) is 0 Å². The number of hydrogen-bond acceptors (Lipinski definition) is 13. The van der Waals surface area contributed by atoms with Crippen molar-refractivity contribution in [1.82, 2.24) is 45.1 Å². The Kier molecular flexibility index (Phi) is 12.2. The van der Waals surface area contributed by atoms with Gasteiger partial charge < -0.3 is 34.4 Å². The molecule has 2 amide bonds. The number of anilines is 1. The number of aryl methyl sites for hydroxylation is 1. The Labute approximate surface area is 376 Å². The summed E-state index contributed by atoms with van der Waals surface area (Å²) in [5.74, 6) is 0.0656. The van der Waals surface area contributed by atoms with E-state index < -0.39 is 18.1 Å². The highest BCUT2D eigenvalue weighted by atomic mass is 32.1. The zero-order chi connectivity index (χ0) is 44.6. The highest BCUT2D eigenvalue weighted by Crippen LogP contribution is 2.37. The third-order valence-corrected chi connectivity index (χ3v) is 13.7. The van der Waals surface area contributed by atoms with E-state index in [1.165, 1.54) is 10.6 Å². The summed E-state index contributed by atoms with van der Waals surface area (Å²) in [4.78, 5) is 46.4. The molecule has 3 aliphatic rings. The molecule has 2 saturated heterocycles. The van der Waals surface area contributed by atoms with Crippen molar-refractivity contribution in [2.45, 2.75) is 103 Å². The van der Waals surface area contributed by atoms with Crippen molar-refractivity contribution in [3.63, 3.8) is 0 Å². The standard InChI is InChI=1S/C48H54N10O5S/c1-27(2)44(47(62)57-25-34(59)18-41(57)46(61)49-22-30-10-12-32(13-11-30)45-29(5)52-26-64-45)43-21-36(55-63-43)33-23-50-48(51-24-33)56-16-14-31(15-17-56)39-20-38-40(58(39)28(3)4)19-37(53-54-38)35-8-6-7-9-42(35)60/h8-13,19-21,23-24,26-28,31,34,41,44,59-60H,6-7,14-18,22,25H2,1-5H3,(H,49,61)/t34-,41+,44-/m1/s1. The number of aliphatic hydroxyl groups is 2. The molecule has 3 atom stereocenters. The van der Waals surface area contributed by atoms with Crippen LogP contribution in [0.3, 0.4) is 0 Å². The molecule has 5 aromatic heterocycles. The van der Waals surface area contributed by atoms with Crippen molar-refractivity contribution in [3.05, 3.63) is 107 Å². The van der Waals surface area contributed by atoms with Crippen molar-refractivity contribution < 1.29 is 24.3 Å². The molecule has 7 heterocycles. The second-order valence-electron chi connectivity index (χ2n) is 17.8. The second-order valence-corrected chi connectivity index (χ2v) is 18.6. The van der Waals surface area contributed by atoms with Crippen LogP contribution in [0, 0.1) is 12.8 Å². The number of carbonyl (C=O) groups excluding carboxylic acids is 2. The zero-order valence-electron chi connectivity index (χ0n) is 36.8. The normalized spacial score (nSPS) is 18.8. The summed E-state index contributed by atoms with van der Waals surface area (Å²) in [5, 5.41) is 37.6. The fourth-order valence-corrected chi connectivity index (χ4v) is 10.2. The van der Waals surface area contributed by atoms with E-state index in [-0.39, 0.29) is 42.5 Å². The van der Waals surface area contributed by atoms with Crippen LogP contribution in [-0.2, 0) is 16.1 Å². The Balaban J connectivity index is 0.834. The van der Waals surface area contributed by atoms with Gasteiger partial charge >= 0.3 is 0 Å². The molecular formula is C48H54N10O5S. The molecule has 16 heteroatoms. The van der Waals surface area contributed by atoms with Gasteiger partial charge in [0.25, 0.3) is 0 Å². The van der Waals surface area contributed by atoms with Crippen molar-refractivity contribution >= 4 is 45.7 Å². The van der Waals surface area contributed by atoms with E-state index >= 15 is 0 Å². The first-order chi connectivity index (χ1) is 30.9. The van der Waals surface area contributed by atoms with Crippen LogP contribution in [0.4, 0.5) is 5.95 Å². The van der Waals surface area contributed by atoms with Crippen molar-refractivity contribution in [1.29, 1.82) is 0 Å². The minimum Gasteiger partial charge on any atom is -0.508 e. The molecule has 3 N–H and O–H groups in total. The average Bonchev–Trinajstić information content (AvgIpc) is 4.12. The van der Waals surface area contributed by atoms with Crippen LogP contribution in [0.2, 0.25) is 0 Å². The lowest BCUT2D eigenvalue weighted by atomic mass is 9.91. The number of benzene rings is 1. The maximum Gasteiger partial charge on any atom is 0.243 e. The minimum atomic E-state index is -0.824. The van der Waals surface area contributed by atoms with Crippen molar-refractivity contribution in [2.24, 2.45) is 5.92 Å². The average molecular weight is 883 g/mol. The van der Waals surface area contributed by atoms with Gasteiger partial charge in [0.05, 0.1) is 33.4 Å². The van der Waals surface area contributed by atoms with Gasteiger partial charge in [0.2, 0.25) is 17.8 Å². The maximum absolute atomic E-state index is 14.3. The van der Waals surface area contributed by atoms with Gasteiger partial charge in [0, 0.05) is 79.9 Å². The van der Waals surface area contributed by atoms with E-state index in [4.69, 9.17) is 14.5 Å². The number of aliphatic hydroxyl groups excluding tert-OH is 2. The number of thiazole rings is 1. The molecule has 6 aromatic rings. The molecule has 0 bridgehead atoms. The zero-order valence-corrected chi connectivity index (χ0v) is 37.6. The van der Waals surface area contributed by atoms with Crippen molar-refractivity contribution in [2.75, 3.05) is 24.5 Å². The van der Waals surface area contributed by atoms with Gasteiger partial charge in [-0.25, -0.2) is 15.0 Å². The molecular weight excluding hydrogens is 829 g/mol. The third-order valence-electron chi connectivity index (χ3n) is 12.7. The predicted octanol–water partition coefficient (Wildman–Crippen LogP) is 7.91. The monoisotopic (exact) mass is 882 g/mol. The molecule has 0 saturated carbocycles. The largest absolute Gasteiger partial charge is 0.508 e. The van der Waals surface area contributed by atoms with Gasteiger partial charge in [-0.2, -0.15) is 0 Å². The molecule has 15 nitrogen and oxygen atoms in total. The molecule has 0 unspecified atom stereocenters. The molecule has 64 heavy (non-hydrogen) atoms. The SMILES string of the molecule is Cc1ncsc1-c1ccc(CNC(=O)[C@@H]2C[C@@H](O)CN2C(=O)[C@@H](c2cc(-c3cnc(N4CCC(c5cc6nnc(C7=CCCC=C7O)cc6n5C(C)C)CC4)nc3)no2)C(C)C)cc1. The molecule has 1 aliphatic carbocycles. The molecule has 2 aliphatic heterocycles. The topological polar surface area (TPSA) is 189 Å². The number of amides is 2. The number of likely N-dealkylation sites (tertiary alicyclic amines) is 1. The Bertz CT molecular complexity index is 2710. The summed E-state index contributed by atoms with van der Waals surface area (Å²) < 4.78 is 8.19. The number of aromatic nitrogens is 7. The Morgan fingerprint density at radius 2 is 1.69 bits per heavy atom. The smallest absolute Gasteiger partial charge is 0.243 e. The van der Waals surface area contributed by atoms with Crippen LogP contribution in [-0.4, -0.2) is 93.6 Å². The van der Waals surface area contributed by atoms with E-state index in [1.807, 2.05) is 62.7 Å². The summed E-state index contributed by atoms with van der Waals surface area (Å²) in [7, 11) is 0. The number of nitrogens with one attached hydrogen (secondary N) is 1. The number of fused-ring (bicyclic) bond motifs is 1. The molecule has 332 valence electrons. The number of nitrogens with zero attached hydrogens (tertiary/aromatic N) is 9. The summed E-state index contributed by atoms with van der Waals surface area (Å²) in [6.07, 6.45) is 10.2. The summed E-state index contributed by atoms with van der Waals surface area (Å²) in [6, 6.07) is 13.3. The lowest BCUT2D eigenvalue weighted by Gasteiger charge is -2.33. The van der Waals surface area contributed by atoms with Gasteiger partial charge in [0.1, 0.15) is 34.7 Å².